The minimum absolute atomic E-state index is 0.0487. The van der Waals surface area contributed by atoms with Gasteiger partial charge in [0.1, 0.15) is 5.41 Å². The first-order valence-corrected chi connectivity index (χ1v) is 7.70. The van der Waals surface area contributed by atoms with Crippen LogP contribution in [0.1, 0.15) is 25.8 Å². The lowest BCUT2D eigenvalue weighted by molar-refractivity contribution is -0.136. The summed E-state index contributed by atoms with van der Waals surface area (Å²) in [5.74, 6) is 0.424. The third-order valence-corrected chi connectivity index (χ3v) is 4.13. The second-order valence-corrected chi connectivity index (χ2v) is 6.70. The SMILES string of the molecule is CN(Cc1cccnc1)C[C@H]1CCN(C(=O)C(C)(C)C#N)C1. The summed E-state index contributed by atoms with van der Waals surface area (Å²) in [6.45, 7) is 6.71. The van der Waals surface area contributed by atoms with E-state index in [9.17, 15) is 4.79 Å². The Hall–Kier alpha value is -1.93. The molecular weight excluding hydrogens is 276 g/mol. The summed E-state index contributed by atoms with van der Waals surface area (Å²) in [6.07, 6.45) is 4.67. The Balaban J connectivity index is 1.84. The molecular formula is C17H24N4O. The van der Waals surface area contributed by atoms with Crippen molar-refractivity contribution in [2.75, 3.05) is 26.7 Å². The van der Waals surface area contributed by atoms with Crippen LogP contribution in [0.15, 0.2) is 24.5 Å². The molecule has 22 heavy (non-hydrogen) atoms. The summed E-state index contributed by atoms with van der Waals surface area (Å²) in [4.78, 5) is 20.5. The molecule has 5 nitrogen and oxygen atoms in total. The van der Waals surface area contributed by atoms with Gasteiger partial charge in [-0.2, -0.15) is 5.26 Å². The van der Waals surface area contributed by atoms with E-state index in [0.717, 1.165) is 32.6 Å². The van der Waals surface area contributed by atoms with E-state index in [1.54, 1.807) is 20.0 Å². The molecule has 2 rings (SSSR count). The molecule has 5 heteroatoms. The van der Waals surface area contributed by atoms with Crippen LogP contribution in [0, 0.1) is 22.7 Å². The molecule has 0 aliphatic carbocycles. The van der Waals surface area contributed by atoms with Crippen LogP contribution in [0.4, 0.5) is 0 Å². The summed E-state index contributed by atoms with van der Waals surface area (Å²) in [5.41, 5.74) is 0.276. The number of carbonyl (C=O) groups excluding carboxylic acids is 1. The molecule has 1 saturated heterocycles. The Labute approximate surface area is 132 Å². The highest BCUT2D eigenvalue weighted by atomic mass is 16.2. The van der Waals surface area contributed by atoms with Gasteiger partial charge in [0.15, 0.2) is 0 Å². The normalized spacial score (nSPS) is 18.5. The van der Waals surface area contributed by atoms with E-state index in [-0.39, 0.29) is 5.91 Å². The summed E-state index contributed by atoms with van der Waals surface area (Å²) in [5, 5.41) is 9.09. The number of hydrogen-bond acceptors (Lipinski definition) is 4. The van der Waals surface area contributed by atoms with Gasteiger partial charge in [-0.1, -0.05) is 6.07 Å². The monoisotopic (exact) mass is 300 g/mol. The molecule has 0 aromatic carbocycles. The van der Waals surface area contributed by atoms with Gasteiger partial charge in [-0.15, -0.1) is 0 Å². The molecule has 1 fully saturated rings. The fourth-order valence-electron chi connectivity index (χ4n) is 2.92. The molecule has 0 radical (unpaired) electrons. The van der Waals surface area contributed by atoms with Crippen molar-refractivity contribution in [1.29, 1.82) is 5.26 Å². The van der Waals surface area contributed by atoms with Gasteiger partial charge in [0.2, 0.25) is 5.91 Å². The predicted octanol–water partition coefficient (Wildman–Crippen LogP) is 1.91. The Morgan fingerprint density at radius 1 is 1.59 bits per heavy atom. The van der Waals surface area contributed by atoms with Crippen molar-refractivity contribution >= 4 is 5.91 Å². The number of nitrogens with zero attached hydrogens (tertiary/aromatic N) is 4. The molecule has 0 unspecified atom stereocenters. The second-order valence-electron chi connectivity index (χ2n) is 6.70. The predicted molar refractivity (Wildman–Crippen MR) is 84.7 cm³/mol. The van der Waals surface area contributed by atoms with Crippen LogP contribution in [-0.4, -0.2) is 47.4 Å². The zero-order valence-electron chi connectivity index (χ0n) is 13.6. The number of rotatable bonds is 5. The molecule has 0 spiro atoms. The van der Waals surface area contributed by atoms with Crippen molar-refractivity contribution in [2.24, 2.45) is 11.3 Å². The Bertz CT molecular complexity index is 550. The average Bonchev–Trinajstić information content (AvgIpc) is 2.95. The summed E-state index contributed by atoms with van der Waals surface area (Å²) in [6, 6.07) is 6.12. The summed E-state index contributed by atoms with van der Waals surface area (Å²) >= 11 is 0. The largest absolute Gasteiger partial charge is 0.341 e. The van der Waals surface area contributed by atoms with E-state index in [0.29, 0.717) is 5.92 Å². The van der Waals surface area contributed by atoms with Crippen molar-refractivity contribution in [3.63, 3.8) is 0 Å². The first kappa shape index (κ1) is 16.4. The minimum atomic E-state index is -0.920. The highest BCUT2D eigenvalue weighted by Crippen LogP contribution is 2.24. The quantitative estimate of drug-likeness (QED) is 0.833. The topological polar surface area (TPSA) is 60.2 Å². The minimum Gasteiger partial charge on any atom is -0.341 e. The lowest BCUT2D eigenvalue weighted by Crippen LogP contribution is -2.39. The van der Waals surface area contributed by atoms with E-state index in [4.69, 9.17) is 5.26 Å². The number of nitriles is 1. The van der Waals surface area contributed by atoms with Gasteiger partial charge in [-0.3, -0.25) is 9.78 Å². The van der Waals surface area contributed by atoms with E-state index >= 15 is 0 Å². The van der Waals surface area contributed by atoms with Crippen molar-refractivity contribution in [1.82, 2.24) is 14.8 Å². The van der Waals surface area contributed by atoms with Gasteiger partial charge in [-0.25, -0.2) is 0 Å². The lowest BCUT2D eigenvalue weighted by atomic mass is 9.94. The number of carbonyl (C=O) groups is 1. The fraction of sp³-hybridized carbons (Fsp3) is 0.588. The number of hydrogen-bond donors (Lipinski definition) is 0. The molecule has 118 valence electrons. The number of pyridine rings is 1. The Morgan fingerprint density at radius 2 is 2.36 bits per heavy atom. The standard InChI is InChI=1S/C17H24N4O/c1-17(2,13-18)16(22)21-8-6-15(12-21)11-20(3)10-14-5-4-7-19-9-14/h4-5,7,9,15H,6,8,10-12H2,1-3H3/t15-/m1/s1. The summed E-state index contributed by atoms with van der Waals surface area (Å²) in [7, 11) is 2.09. The molecule has 1 aliphatic rings. The van der Waals surface area contributed by atoms with Crippen LogP contribution in [0.25, 0.3) is 0 Å². The first-order valence-electron chi connectivity index (χ1n) is 7.70. The van der Waals surface area contributed by atoms with Crippen LogP contribution in [-0.2, 0) is 11.3 Å². The Morgan fingerprint density at radius 3 is 3.00 bits per heavy atom. The van der Waals surface area contributed by atoms with Crippen LogP contribution in [0.3, 0.4) is 0 Å². The molecule has 1 atom stereocenters. The average molecular weight is 300 g/mol. The van der Waals surface area contributed by atoms with Crippen LogP contribution in [0.2, 0.25) is 0 Å². The number of amides is 1. The van der Waals surface area contributed by atoms with Gasteiger partial charge in [0, 0.05) is 38.6 Å². The van der Waals surface area contributed by atoms with Crippen LogP contribution >= 0.6 is 0 Å². The van der Waals surface area contributed by atoms with E-state index < -0.39 is 5.41 Å². The van der Waals surface area contributed by atoms with E-state index in [1.165, 1.54) is 5.56 Å². The van der Waals surface area contributed by atoms with Gasteiger partial charge in [-0.05, 0) is 44.9 Å². The summed E-state index contributed by atoms with van der Waals surface area (Å²) < 4.78 is 0. The molecule has 1 aliphatic heterocycles. The number of likely N-dealkylation sites (tertiary alicyclic amines) is 1. The van der Waals surface area contributed by atoms with Crippen LogP contribution in [0.5, 0.6) is 0 Å². The first-order chi connectivity index (χ1) is 10.4. The zero-order valence-corrected chi connectivity index (χ0v) is 13.6. The number of aromatic nitrogens is 1. The van der Waals surface area contributed by atoms with Crippen molar-refractivity contribution in [2.45, 2.75) is 26.8 Å². The molecule has 0 bridgehead atoms. The zero-order chi connectivity index (χ0) is 16.2. The maximum Gasteiger partial charge on any atom is 0.242 e. The Kier molecular flexibility index (Phi) is 5.15. The third kappa shape index (κ3) is 4.05. The van der Waals surface area contributed by atoms with Crippen molar-refractivity contribution < 1.29 is 4.79 Å². The molecule has 0 saturated carbocycles. The smallest absolute Gasteiger partial charge is 0.242 e. The molecule has 1 amide bonds. The maximum absolute atomic E-state index is 12.3. The van der Waals surface area contributed by atoms with Gasteiger partial charge in [0.25, 0.3) is 0 Å². The van der Waals surface area contributed by atoms with Crippen molar-refractivity contribution in [3.8, 4) is 6.07 Å². The fourth-order valence-corrected chi connectivity index (χ4v) is 2.92. The van der Waals surface area contributed by atoms with Crippen LogP contribution < -0.4 is 0 Å². The van der Waals surface area contributed by atoms with E-state index in [2.05, 4.69) is 29.1 Å². The highest BCUT2D eigenvalue weighted by Gasteiger charge is 2.36. The molecule has 0 N–H and O–H groups in total. The van der Waals surface area contributed by atoms with Gasteiger partial charge in [0.05, 0.1) is 6.07 Å². The van der Waals surface area contributed by atoms with E-state index in [1.807, 2.05) is 17.2 Å². The molecule has 1 aromatic rings. The highest BCUT2D eigenvalue weighted by molar-refractivity contribution is 5.84. The molecule has 2 heterocycles. The second kappa shape index (κ2) is 6.89. The third-order valence-electron chi connectivity index (χ3n) is 4.13. The van der Waals surface area contributed by atoms with Gasteiger partial charge >= 0.3 is 0 Å². The molecule has 1 aromatic heterocycles. The van der Waals surface area contributed by atoms with Crippen molar-refractivity contribution in [3.05, 3.63) is 30.1 Å². The van der Waals surface area contributed by atoms with Gasteiger partial charge < -0.3 is 9.80 Å². The maximum atomic E-state index is 12.3. The lowest BCUT2D eigenvalue weighted by Gasteiger charge is -2.25.